The fraction of sp³-hybridized carbons (Fsp3) is 0.412. The minimum Gasteiger partial charge on any atom is -0.347 e. The van der Waals surface area contributed by atoms with Crippen molar-refractivity contribution in [3.05, 3.63) is 39.6 Å². The average Bonchev–Trinajstić information content (AvgIpc) is 2.85. The molecule has 0 aliphatic heterocycles. The van der Waals surface area contributed by atoms with Gasteiger partial charge in [0.15, 0.2) is 0 Å². The maximum atomic E-state index is 12.4. The molecule has 1 aromatic carbocycles. The minimum absolute atomic E-state index is 0.0529. The van der Waals surface area contributed by atoms with Crippen LogP contribution in [0.4, 0.5) is 0 Å². The smallest absolute Gasteiger partial charge is 0.251 e. The van der Waals surface area contributed by atoms with Crippen LogP contribution < -0.4 is 5.32 Å². The van der Waals surface area contributed by atoms with Gasteiger partial charge in [-0.15, -0.1) is 0 Å². The van der Waals surface area contributed by atoms with Crippen LogP contribution in [0.2, 0.25) is 0 Å². The number of aromatic nitrogens is 2. The molecule has 1 amide bonds. The van der Waals surface area contributed by atoms with Crippen molar-refractivity contribution in [1.29, 1.82) is 0 Å². The fourth-order valence-corrected chi connectivity index (χ4v) is 2.91. The van der Waals surface area contributed by atoms with E-state index in [-0.39, 0.29) is 17.5 Å². The van der Waals surface area contributed by atoms with Crippen molar-refractivity contribution in [2.75, 3.05) is 0 Å². The van der Waals surface area contributed by atoms with Crippen LogP contribution in [-0.4, -0.2) is 21.2 Å². The standard InChI is InChI=1S/C17H22IN3O/c1-11(2)21-15(6-7-19-21)12-8-13(10-14(18)9-12)16(22)20-17(3,4)5/h6-11H,1-5H3,(H,20,22). The third-order valence-corrected chi connectivity index (χ3v) is 3.73. The summed E-state index contributed by atoms with van der Waals surface area (Å²) in [6.07, 6.45) is 1.80. The van der Waals surface area contributed by atoms with Gasteiger partial charge in [0.25, 0.3) is 5.91 Å². The van der Waals surface area contributed by atoms with Crippen LogP contribution in [0, 0.1) is 3.57 Å². The molecule has 0 radical (unpaired) electrons. The second-order valence-electron chi connectivity index (χ2n) is 6.69. The molecular formula is C17H22IN3O. The zero-order chi connectivity index (χ0) is 16.5. The van der Waals surface area contributed by atoms with Crippen molar-refractivity contribution in [3.63, 3.8) is 0 Å². The lowest BCUT2D eigenvalue weighted by Gasteiger charge is -2.21. The van der Waals surface area contributed by atoms with Gasteiger partial charge < -0.3 is 5.32 Å². The Bertz CT molecular complexity index is 683. The van der Waals surface area contributed by atoms with Crippen LogP contribution in [0.25, 0.3) is 11.3 Å². The summed E-state index contributed by atoms with van der Waals surface area (Å²) in [5.74, 6) is -0.0529. The monoisotopic (exact) mass is 411 g/mol. The quantitative estimate of drug-likeness (QED) is 0.768. The molecule has 1 aromatic heterocycles. The summed E-state index contributed by atoms with van der Waals surface area (Å²) < 4.78 is 3.00. The molecular weight excluding hydrogens is 389 g/mol. The predicted octanol–water partition coefficient (Wildman–Crippen LogP) is 4.26. The maximum absolute atomic E-state index is 12.4. The Morgan fingerprint density at radius 1 is 1.27 bits per heavy atom. The topological polar surface area (TPSA) is 46.9 Å². The molecule has 118 valence electrons. The molecule has 5 heteroatoms. The highest BCUT2D eigenvalue weighted by Gasteiger charge is 2.17. The van der Waals surface area contributed by atoms with Crippen LogP contribution in [0.1, 0.15) is 51.0 Å². The first-order valence-corrected chi connectivity index (χ1v) is 8.42. The van der Waals surface area contributed by atoms with Crippen LogP contribution in [-0.2, 0) is 0 Å². The van der Waals surface area contributed by atoms with E-state index in [1.165, 1.54) is 0 Å². The van der Waals surface area contributed by atoms with Gasteiger partial charge in [-0.3, -0.25) is 9.48 Å². The number of hydrogen-bond acceptors (Lipinski definition) is 2. The summed E-state index contributed by atoms with van der Waals surface area (Å²) in [4.78, 5) is 12.4. The lowest BCUT2D eigenvalue weighted by atomic mass is 10.0. The second-order valence-corrected chi connectivity index (χ2v) is 7.93. The Morgan fingerprint density at radius 3 is 2.55 bits per heavy atom. The van der Waals surface area contributed by atoms with Gasteiger partial charge in [0.05, 0.1) is 5.69 Å². The lowest BCUT2D eigenvalue weighted by Crippen LogP contribution is -2.40. The third-order valence-electron chi connectivity index (χ3n) is 3.10. The van der Waals surface area contributed by atoms with E-state index in [0.29, 0.717) is 5.56 Å². The number of amides is 1. The molecule has 0 saturated heterocycles. The molecule has 2 aromatic rings. The van der Waals surface area contributed by atoms with Crippen LogP contribution in [0.15, 0.2) is 30.5 Å². The van der Waals surface area contributed by atoms with Crippen molar-refractivity contribution >= 4 is 28.5 Å². The summed E-state index contributed by atoms with van der Waals surface area (Å²) in [7, 11) is 0. The van der Waals surface area contributed by atoms with Gasteiger partial charge in [0.2, 0.25) is 0 Å². The Morgan fingerprint density at radius 2 is 1.95 bits per heavy atom. The van der Waals surface area contributed by atoms with Crippen LogP contribution in [0.3, 0.4) is 0 Å². The summed E-state index contributed by atoms with van der Waals surface area (Å²) >= 11 is 2.25. The number of hydrogen-bond donors (Lipinski definition) is 1. The van der Waals surface area contributed by atoms with E-state index in [1.54, 1.807) is 6.20 Å². The number of nitrogens with one attached hydrogen (secondary N) is 1. The molecule has 4 nitrogen and oxygen atoms in total. The minimum atomic E-state index is -0.252. The number of benzene rings is 1. The molecule has 2 rings (SSSR count). The highest BCUT2D eigenvalue weighted by Crippen LogP contribution is 2.25. The Hall–Kier alpha value is -1.37. The van der Waals surface area contributed by atoms with Gasteiger partial charge in [-0.1, -0.05) is 0 Å². The van der Waals surface area contributed by atoms with E-state index in [2.05, 4.69) is 52.9 Å². The van der Waals surface area contributed by atoms with E-state index >= 15 is 0 Å². The summed E-state index contributed by atoms with van der Waals surface area (Å²) in [6, 6.07) is 8.16. The van der Waals surface area contributed by atoms with Gasteiger partial charge in [0, 0.05) is 32.5 Å². The number of nitrogens with zero attached hydrogens (tertiary/aromatic N) is 2. The van der Waals surface area contributed by atoms with Gasteiger partial charge in [-0.05, 0) is 81.5 Å². The summed E-state index contributed by atoms with van der Waals surface area (Å²) in [6.45, 7) is 10.1. The van der Waals surface area contributed by atoms with Crippen LogP contribution in [0.5, 0.6) is 0 Å². The van der Waals surface area contributed by atoms with Gasteiger partial charge in [0.1, 0.15) is 0 Å². The molecule has 0 bridgehead atoms. The number of rotatable bonds is 3. The van der Waals surface area contributed by atoms with Gasteiger partial charge in [-0.2, -0.15) is 5.10 Å². The highest BCUT2D eigenvalue weighted by molar-refractivity contribution is 14.1. The van der Waals surface area contributed by atoms with Crippen LogP contribution >= 0.6 is 22.6 Å². The maximum Gasteiger partial charge on any atom is 0.251 e. The van der Waals surface area contributed by atoms with Crippen molar-refractivity contribution < 1.29 is 4.79 Å². The zero-order valence-electron chi connectivity index (χ0n) is 13.6. The Labute approximate surface area is 145 Å². The molecule has 0 saturated carbocycles. The molecule has 0 aliphatic rings. The first-order valence-electron chi connectivity index (χ1n) is 7.34. The third kappa shape index (κ3) is 4.09. The number of carbonyl (C=O) groups is 1. The Kier molecular flexibility index (Phi) is 4.94. The highest BCUT2D eigenvalue weighted by atomic mass is 127. The molecule has 0 fully saturated rings. The fourth-order valence-electron chi connectivity index (χ4n) is 2.24. The number of carbonyl (C=O) groups excluding carboxylic acids is 1. The van der Waals surface area contributed by atoms with E-state index in [9.17, 15) is 4.79 Å². The molecule has 1 heterocycles. The first kappa shape index (κ1) is 17.0. The van der Waals surface area contributed by atoms with E-state index in [1.807, 2.05) is 43.7 Å². The molecule has 0 atom stereocenters. The molecule has 1 N–H and O–H groups in total. The normalized spacial score (nSPS) is 11.8. The largest absolute Gasteiger partial charge is 0.347 e. The van der Waals surface area contributed by atoms with E-state index < -0.39 is 0 Å². The Balaban J connectivity index is 2.43. The van der Waals surface area contributed by atoms with Crippen molar-refractivity contribution in [2.45, 2.75) is 46.2 Å². The van der Waals surface area contributed by atoms with Crippen molar-refractivity contribution in [1.82, 2.24) is 15.1 Å². The van der Waals surface area contributed by atoms with Crippen molar-refractivity contribution in [3.8, 4) is 11.3 Å². The first-order chi connectivity index (χ1) is 10.2. The molecule has 0 spiro atoms. The zero-order valence-corrected chi connectivity index (χ0v) is 15.8. The lowest BCUT2D eigenvalue weighted by molar-refractivity contribution is 0.0919. The second kappa shape index (κ2) is 6.40. The predicted molar refractivity (Wildman–Crippen MR) is 98.0 cm³/mol. The van der Waals surface area contributed by atoms with Gasteiger partial charge in [-0.25, -0.2) is 0 Å². The molecule has 0 aliphatic carbocycles. The molecule has 22 heavy (non-hydrogen) atoms. The number of halogens is 1. The summed E-state index contributed by atoms with van der Waals surface area (Å²) in [5, 5.41) is 7.38. The van der Waals surface area contributed by atoms with E-state index in [4.69, 9.17) is 0 Å². The average molecular weight is 411 g/mol. The van der Waals surface area contributed by atoms with Gasteiger partial charge >= 0.3 is 0 Å². The van der Waals surface area contributed by atoms with E-state index in [0.717, 1.165) is 14.8 Å². The van der Waals surface area contributed by atoms with Crippen molar-refractivity contribution in [2.24, 2.45) is 0 Å². The SMILES string of the molecule is CC(C)n1nccc1-c1cc(I)cc(C(=O)NC(C)(C)C)c1. The summed E-state index contributed by atoms with van der Waals surface area (Å²) in [5.41, 5.74) is 2.46. The molecule has 0 unspecified atom stereocenters.